The predicted octanol–water partition coefficient (Wildman–Crippen LogP) is 0.491. The Hall–Kier alpha value is -2.97. The smallest absolute Gasteiger partial charge is 0.242 e. The van der Waals surface area contributed by atoms with Crippen LogP contribution in [0, 0.1) is 0 Å². The lowest BCUT2D eigenvalue weighted by Gasteiger charge is -2.34. The predicted molar refractivity (Wildman–Crippen MR) is 103 cm³/mol. The number of nitrogens with one attached hydrogen (secondary N) is 2. The highest BCUT2D eigenvalue weighted by atomic mass is 16.1. The molecule has 0 saturated carbocycles. The first-order valence-corrected chi connectivity index (χ1v) is 8.69. The Kier molecular flexibility index (Phi) is 5.77. The minimum atomic E-state index is -0.122. The van der Waals surface area contributed by atoms with Crippen LogP contribution in [0.25, 0.3) is 11.0 Å². The van der Waals surface area contributed by atoms with Gasteiger partial charge in [0.1, 0.15) is 24.3 Å². The number of hydrogen-bond acceptors (Lipinski definition) is 6. The van der Waals surface area contributed by atoms with Crippen LogP contribution in [0.3, 0.4) is 0 Å². The van der Waals surface area contributed by atoms with Crippen molar-refractivity contribution in [2.75, 3.05) is 31.6 Å². The van der Waals surface area contributed by atoms with E-state index in [2.05, 4.69) is 35.2 Å². The summed E-state index contributed by atoms with van der Waals surface area (Å²) in [5, 5.41) is 4.04. The van der Waals surface area contributed by atoms with Crippen molar-refractivity contribution in [3.05, 3.63) is 18.6 Å². The number of aliphatic imine (C=N–C) groups is 2. The van der Waals surface area contributed by atoms with E-state index in [1.54, 1.807) is 19.6 Å². The maximum absolute atomic E-state index is 12.1. The number of nitrogens with two attached hydrogens (primary N) is 1. The number of amides is 1. The van der Waals surface area contributed by atoms with Gasteiger partial charge in [0.25, 0.3) is 0 Å². The Morgan fingerprint density at radius 1 is 1.54 bits per heavy atom. The number of anilines is 1. The van der Waals surface area contributed by atoms with Gasteiger partial charge >= 0.3 is 0 Å². The van der Waals surface area contributed by atoms with E-state index >= 15 is 0 Å². The summed E-state index contributed by atoms with van der Waals surface area (Å²) in [6.07, 6.45) is 7.47. The topological polar surface area (TPSA) is 125 Å². The van der Waals surface area contributed by atoms with Crippen molar-refractivity contribution < 1.29 is 4.79 Å². The first kappa shape index (κ1) is 17.8. The zero-order chi connectivity index (χ0) is 18.4. The minimum Gasteiger partial charge on any atom is -0.387 e. The van der Waals surface area contributed by atoms with E-state index in [1.165, 1.54) is 0 Å². The van der Waals surface area contributed by atoms with Gasteiger partial charge in [-0.15, -0.1) is 0 Å². The van der Waals surface area contributed by atoms with Gasteiger partial charge < -0.3 is 25.9 Å². The number of H-pyrrole nitrogens is 1. The summed E-state index contributed by atoms with van der Waals surface area (Å²) in [7, 11) is 1.67. The lowest BCUT2D eigenvalue weighted by atomic mass is 10.1. The lowest BCUT2D eigenvalue weighted by molar-refractivity contribution is -0.120. The SMILES string of the molecule is CN=CCC(N)=NCC(=O)NC1CCCN(c2ncnc3[nH]ccc23)C1. The summed E-state index contributed by atoms with van der Waals surface area (Å²) in [6, 6.07) is 2.04. The monoisotopic (exact) mass is 356 g/mol. The standard InChI is InChI=1S/C17H24N8O/c1-19-6-5-14(18)21-9-15(26)24-12-3-2-8-25(10-12)17-13-4-7-20-16(13)22-11-23-17/h4,6-7,11-12H,2-3,5,8-10H2,1H3,(H2,18,21)(H,24,26)(H,20,22,23). The molecule has 1 saturated heterocycles. The van der Waals surface area contributed by atoms with Gasteiger partial charge in [0.2, 0.25) is 5.91 Å². The molecule has 1 fully saturated rings. The number of piperidine rings is 1. The van der Waals surface area contributed by atoms with Crippen molar-refractivity contribution in [2.24, 2.45) is 15.7 Å². The largest absolute Gasteiger partial charge is 0.387 e. The molecule has 4 N–H and O–H groups in total. The molecule has 3 heterocycles. The van der Waals surface area contributed by atoms with Crippen LogP contribution in [-0.4, -0.2) is 65.6 Å². The Morgan fingerprint density at radius 2 is 2.42 bits per heavy atom. The van der Waals surface area contributed by atoms with Crippen LogP contribution in [0.2, 0.25) is 0 Å². The highest BCUT2D eigenvalue weighted by Crippen LogP contribution is 2.24. The molecule has 9 heteroatoms. The number of aromatic nitrogens is 3. The van der Waals surface area contributed by atoms with Crippen molar-refractivity contribution in [1.82, 2.24) is 20.3 Å². The minimum absolute atomic E-state index is 0.0372. The molecule has 1 aliphatic heterocycles. The fraction of sp³-hybridized carbons (Fsp3) is 0.471. The van der Waals surface area contributed by atoms with Gasteiger partial charge in [0.15, 0.2) is 0 Å². The number of amidine groups is 1. The average Bonchev–Trinajstić information content (AvgIpc) is 3.13. The molecule has 2 aromatic heterocycles. The van der Waals surface area contributed by atoms with E-state index in [1.807, 2.05) is 12.3 Å². The van der Waals surface area contributed by atoms with Crippen LogP contribution >= 0.6 is 0 Å². The molecule has 1 amide bonds. The molecule has 138 valence electrons. The van der Waals surface area contributed by atoms with Crippen LogP contribution in [0.1, 0.15) is 19.3 Å². The third kappa shape index (κ3) is 4.35. The van der Waals surface area contributed by atoms with E-state index in [9.17, 15) is 4.79 Å². The number of aromatic amines is 1. The summed E-state index contributed by atoms with van der Waals surface area (Å²) in [6.45, 7) is 1.66. The lowest BCUT2D eigenvalue weighted by Crippen LogP contribution is -2.48. The molecule has 1 aliphatic rings. The van der Waals surface area contributed by atoms with Gasteiger partial charge in [-0.05, 0) is 18.9 Å². The van der Waals surface area contributed by atoms with Gasteiger partial charge in [0, 0.05) is 45.0 Å². The Balaban J connectivity index is 1.58. The molecule has 26 heavy (non-hydrogen) atoms. The third-order valence-electron chi connectivity index (χ3n) is 4.33. The molecule has 0 bridgehead atoms. The Morgan fingerprint density at radius 3 is 3.27 bits per heavy atom. The first-order valence-electron chi connectivity index (χ1n) is 8.69. The van der Waals surface area contributed by atoms with Gasteiger partial charge in [-0.1, -0.05) is 0 Å². The van der Waals surface area contributed by atoms with Gasteiger partial charge in [0.05, 0.1) is 11.2 Å². The van der Waals surface area contributed by atoms with Crippen molar-refractivity contribution >= 4 is 34.8 Å². The van der Waals surface area contributed by atoms with Crippen LogP contribution < -0.4 is 16.0 Å². The second kappa shape index (κ2) is 8.41. The number of carbonyl (C=O) groups is 1. The Labute approximate surface area is 151 Å². The number of hydrogen-bond donors (Lipinski definition) is 3. The maximum Gasteiger partial charge on any atom is 0.242 e. The molecule has 2 aromatic rings. The molecule has 0 spiro atoms. The number of carbonyl (C=O) groups excluding carboxylic acids is 1. The van der Waals surface area contributed by atoms with E-state index in [0.29, 0.717) is 18.8 Å². The maximum atomic E-state index is 12.1. The molecule has 3 rings (SSSR count). The second-order valence-electron chi connectivity index (χ2n) is 6.24. The molecular formula is C17H24N8O. The van der Waals surface area contributed by atoms with E-state index in [4.69, 9.17) is 5.73 Å². The van der Waals surface area contributed by atoms with Crippen molar-refractivity contribution in [1.29, 1.82) is 0 Å². The molecule has 1 atom stereocenters. The summed E-state index contributed by atoms with van der Waals surface area (Å²) >= 11 is 0. The van der Waals surface area contributed by atoms with Gasteiger partial charge in [-0.2, -0.15) is 0 Å². The molecule has 0 aliphatic carbocycles. The van der Waals surface area contributed by atoms with E-state index in [0.717, 1.165) is 36.2 Å². The quantitative estimate of drug-likeness (QED) is 0.513. The van der Waals surface area contributed by atoms with E-state index < -0.39 is 0 Å². The summed E-state index contributed by atoms with van der Waals surface area (Å²) in [4.78, 5) is 34.0. The second-order valence-corrected chi connectivity index (χ2v) is 6.24. The van der Waals surface area contributed by atoms with Crippen LogP contribution in [0.5, 0.6) is 0 Å². The summed E-state index contributed by atoms with van der Waals surface area (Å²) in [5.74, 6) is 1.19. The first-order chi connectivity index (χ1) is 12.7. The van der Waals surface area contributed by atoms with Crippen LogP contribution in [0.15, 0.2) is 28.6 Å². The molecule has 0 aromatic carbocycles. The molecule has 9 nitrogen and oxygen atoms in total. The van der Waals surface area contributed by atoms with Gasteiger partial charge in [-0.3, -0.25) is 9.79 Å². The third-order valence-corrected chi connectivity index (χ3v) is 4.33. The molecular weight excluding hydrogens is 332 g/mol. The zero-order valence-corrected chi connectivity index (χ0v) is 14.9. The highest BCUT2D eigenvalue weighted by molar-refractivity contribution is 5.94. The fourth-order valence-electron chi connectivity index (χ4n) is 3.09. The molecule has 1 unspecified atom stereocenters. The fourth-order valence-corrected chi connectivity index (χ4v) is 3.09. The average molecular weight is 356 g/mol. The number of rotatable bonds is 6. The van der Waals surface area contributed by atoms with Gasteiger partial charge in [-0.25, -0.2) is 9.97 Å². The normalized spacial score (nSPS) is 18.6. The van der Waals surface area contributed by atoms with E-state index in [-0.39, 0.29) is 18.5 Å². The summed E-state index contributed by atoms with van der Waals surface area (Å²) in [5.41, 5.74) is 6.56. The van der Waals surface area contributed by atoms with Crippen LogP contribution in [0.4, 0.5) is 5.82 Å². The highest BCUT2D eigenvalue weighted by Gasteiger charge is 2.23. The van der Waals surface area contributed by atoms with Crippen molar-refractivity contribution in [3.63, 3.8) is 0 Å². The number of fused-ring (bicyclic) bond motifs is 1. The van der Waals surface area contributed by atoms with Crippen molar-refractivity contribution in [3.8, 4) is 0 Å². The number of nitrogens with zero attached hydrogens (tertiary/aromatic N) is 5. The molecule has 0 radical (unpaired) electrons. The zero-order valence-electron chi connectivity index (χ0n) is 14.9. The summed E-state index contributed by atoms with van der Waals surface area (Å²) < 4.78 is 0. The van der Waals surface area contributed by atoms with Crippen LogP contribution in [-0.2, 0) is 4.79 Å². The van der Waals surface area contributed by atoms with Crippen molar-refractivity contribution in [2.45, 2.75) is 25.3 Å². The Bertz CT molecular complexity index is 812.